The van der Waals surface area contributed by atoms with E-state index >= 15 is 0 Å². The fourth-order valence-electron chi connectivity index (χ4n) is 2.44. The molecule has 0 radical (unpaired) electrons. The predicted molar refractivity (Wildman–Crippen MR) is 79.2 cm³/mol. The van der Waals surface area contributed by atoms with Crippen molar-refractivity contribution in [2.45, 2.75) is 32.8 Å². The molecule has 1 aliphatic heterocycles. The second kappa shape index (κ2) is 4.37. The molecule has 0 aliphatic carbocycles. The summed E-state index contributed by atoms with van der Waals surface area (Å²) >= 11 is 0. The molecule has 0 saturated carbocycles. The Kier molecular flexibility index (Phi) is 2.78. The topological polar surface area (TPSA) is 65.4 Å². The molecule has 2 N–H and O–H groups in total. The maximum atomic E-state index is 5.85. The molecule has 0 spiro atoms. The highest BCUT2D eigenvalue weighted by molar-refractivity contribution is 5.80. The fraction of sp³-hybridized carbons (Fsp3) is 0.333. The van der Waals surface area contributed by atoms with E-state index in [0.29, 0.717) is 5.95 Å². The zero-order chi connectivity index (χ0) is 14.3. The molecular formula is C15H18N4O. The molecule has 1 aromatic carbocycles. The summed E-state index contributed by atoms with van der Waals surface area (Å²) in [5, 5.41) is 4.32. The Morgan fingerprint density at radius 1 is 1.45 bits per heavy atom. The standard InChI is InChI=1S/C15H18N4O/c1-10-9-19(14(16)18-10)17-8-11-4-5-13-12(6-11)7-15(2,3)20-13/h4-6,8-9H,7H2,1-3H3,(H2,16,18). The quantitative estimate of drug-likeness (QED) is 0.852. The van der Waals surface area contributed by atoms with Gasteiger partial charge < -0.3 is 10.5 Å². The maximum absolute atomic E-state index is 5.85. The smallest absolute Gasteiger partial charge is 0.221 e. The van der Waals surface area contributed by atoms with E-state index in [0.717, 1.165) is 23.4 Å². The lowest BCUT2D eigenvalue weighted by Crippen LogP contribution is -2.24. The Balaban J connectivity index is 1.85. The van der Waals surface area contributed by atoms with Crippen LogP contribution in [0.15, 0.2) is 29.5 Å². The molecule has 2 heterocycles. The van der Waals surface area contributed by atoms with Gasteiger partial charge in [0, 0.05) is 6.42 Å². The van der Waals surface area contributed by atoms with Crippen LogP contribution in [-0.2, 0) is 6.42 Å². The number of hydrogen-bond donors (Lipinski definition) is 1. The van der Waals surface area contributed by atoms with Crippen LogP contribution in [0.1, 0.15) is 30.7 Å². The number of aromatic nitrogens is 2. The second-order valence-corrected chi connectivity index (χ2v) is 5.74. The molecule has 1 aliphatic rings. The molecule has 0 amide bonds. The number of nitrogens with two attached hydrogens (primary N) is 1. The molecule has 1 aromatic heterocycles. The summed E-state index contributed by atoms with van der Waals surface area (Å²) in [6, 6.07) is 6.09. The Bertz CT molecular complexity index is 685. The Morgan fingerprint density at radius 2 is 2.25 bits per heavy atom. The average molecular weight is 270 g/mol. The first kappa shape index (κ1) is 12.7. The van der Waals surface area contributed by atoms with Crippen molar-refractivity contribution >= 4 is 12.2 Å². The van der Waals surface area contributed by atoms with Gasteiger partial charge in [-0.2, -0.15) is 5.10 Å². The van der Waals surface area contributed by atoms with E-state index in [1.54, 1.807) is 17.1 Å². The predicted octanol–water partition coefficient (Wildman–Crippen LogP) is 2.37. The van der Waals surface area contributed by atoms with Gasteiger partial charge in [0.15, 0.2) is 0 Å². The van der Waals surface area contributed by atoms with Gasteiger partial charge in [-0.15, -0.1) is 0 Å². The second-order valence-electron chi connectivity index (χ2n) is 5.74. The van der Waals surface area contributed by atoms with Crippen LogP contribution in [0.25, 0.3) is 0 Å². The minimum absolute atomic E-state index is 0.121. The van der Waals surface area contributed by atoms with Gasteiger partial charge in [-0.1, -0.05) is 0 Å². The van der Waals surface area contributed by atoms with E-state index < -0.39 is 0 Å². The third-order valence-electron chi connectivity index (χ3n) is 3.25. The lowest BCUT2D eigenvalue weighted by molar-refractivity contribution is 0.138. The van der Waals surface area contributed by atoms with Gasteiger partial charge in [-0.05, 0) is 50.1 Å². The Labute approximate surface area is 118 Å². The van der Waals surface area contributed by atoms with Crippen molar-refractivity contribution in [1.29, 1.82) is 0 Å². The van der Waals surface area contributed by atoms with Crippen LogP contribution in [0.4, 0.5) is 5.95 Å². The molecule has 0 atom stereocenters. The summed E-state index contributed by atoms with van der Waals surface area (Å²) in [4.78, 5) is 4.11. The number of aryl methyl sites for hydroxylation is 1. The molecule has 2 aromatic rings. The average Bonchev–Trinajstić information content (AvgIpc) is 2.83. The molecule has 104 valence electrons. The zero-order valence-corrected chi connectivity index (χ0v) is 11.9. The summed E-state index contributed by atoms with van der Waals surface area (Å²) < 4.78 is 7.43. The van der Waals surface area contributed by atoms with E-state index in [2.05, 4.69) is 30.0 Å². The molecular weight excluding hydrogens is 252 g/mol. The van der Waals surface area contributed by atoms with Crippen LogP contribution in [0, 0.1) is 6.92 Å². The number of anilines is 1. The van der Waals surface area contributed by atoms with E-state index in [4.69, 9.17) is 10.5 Å². The van der Waals surface area contributed by atoms with Crippen LogP contribution in [0.3, 0.4) is 0 Å². The van der Waals surface area contributed by atoms with Crippen LogP contribution < -0.4 is 10.5 Å². The van der Waals surface area contributed by atoms with Crippen molar-refractivity contribution in [3.8, 4) is 5.75 Å². The van der Waals surface area contributed by atoms with Gasteiger partial charge in [-0.3, -0.25) is 0 Å². The van der Waals surface area contributed by atoms with E-state index in [-0.39, 0.29) is 5.60 Å². The van der Waals surface area contributed by atoms with Crippen molar-refractivity contribution in [2.75, 3.05) is 5.73 Å². The van der Waals surface area contributed by atoms with Gasteiger partial charge in [0.2, 0.25) is 5.95 Å². The van der Waals surface area contributed by atoms with Gasteiger partial charge in [0.1, 0.15) is 11.4 Å². The van der Waals surface area contributed by atoms with E-state index in [9.17, 15) is 0 Å². The van der Waals surface area contributed by atoms with Crippen molar-refractivity contribution in [2.24, 2.45) is 5.10 Å². The van der Waals surface area contributed by atoms with Crippen molar-refractivity contribution in [1.82, 2.24) is 9.66 Å². The third-order valence-corrected chi connectivity index (χ3v) is 3.25. The third kappa shape index (κ3) is 2.39. The molecule has 5 heteroatoms. The largest absolute Gasteiger partial charge is 0.487 e. The van der Waals surface area contributed by atoms with Gasteiger partial charge in [0.25, 0.3) is 0 Å². The summed E-state index contributed by atoms with van der Waals surface area (Å²) in [5.74, 6) is 1.36. The number of nitrogen functional groups attached to an aromatic ring is 1. The normalized spacial score (nSPS) is 16.4. The molecule has 0 saturated heterocycles. The van der Waals surface area contributed by atoms with Crippen molar-refractivity contribution in [3.05, 3.63) is 41.2 Å². The van der Waals surface area contributed by atoms with Gasteiger partial charge in [-0.25, -0.2) is 9.66 Å². The molecule has 0 unspecified atom stereocenters. The highest BCUT2D eigenvalue weighted by Gasteiger charge is 2.29. The summed E-state index contributed by atoms with van der Waals surface area (Å²) in [7, 11) is 0. The van der Waals surface area contributed by atoms with Crippen molar-refractivity contribution in [3.63, 3.8) is 0 Å². The summed E-state index contributed by atoms with van der Waals surface area (Å²) in [6.07, 6.45) is 4.49. The van der Waals surface area contributed by atoms with Crippen LogP contribution in [-0.4, -0.2) is 21.5 Å². The molecule has 0 fully saturated rings. The summed E-state index contributed by atoms with van der Waals surface area (Å²) in [6.45, 7) is 6.07. The zero-order valence-electron chi connectivity index (χ0n) is 11.9. The number of nitrogens with zero attached hydrogens (tertiary/aromatic N) is 3. The Hall–Kier alpha value is -2.30. The molecule has 5 nitrogen and oxygen atoms in total. The van der Waals surface area contributed by atoms with Gasteiger partial charge in [0.05, 0.1) is 18.1 Å². The molecule has 0 bridgehead atoms. The SMILES string of the molecule is Cc1cn(N=Cc2ccc3c(c2)CC(C)(C)O3)c(N)n1. The lowest BCUT2D eigenvalue weighted by atomic mass is 10.0. The van der Waals surface area contributed by atoms with Crippen LogP contribution in [0.2, 0.25) is 0 Å². The number of benzene rings is 1. The van der Waals surface area contributed by atoms with Gasteiger partial charge >= 0.3 is 0 Å². The number of hydrogen-bond acceptors (Lipinski definition) is 4. The maximum Gasteiger partial charge on any atom is 0.221 e. The Morgan fingerprint density at radius 3 is 2.95 bits per heavy atom. The fourth-order valence-corrected chi connectivity index (χ4v) is 2.44. The van der Waals surface area contributed by atoms with E-state index in [1.165, 1.54) is 5.56 Å². The highest BCUT2D eigenvalue weighted by Crippen LogP contribution is 2.34. The minimum Gasteiger partial charge on any atom is -0.487 e. The van der Waals surface area contributed by atoms with Crippen LogP contribution >= 0.6 is 0 Å². The first-order valence-corrected chi connectivity index (χ1v) is 6.61. The highest BCUT2D eigenvalue weighted by atomic mass is 16.5. The minimum atomic E-state index is -0.121. The van der Waals surface area contributed by atoms with Crippen molar-refractivity contribution < 1.29 is 4.74 Å². The lowest BCUT2D eigenvalue weighted by Gasteiger charge is -2.16. The van der Waals surface area contributed by atoms with Crippen LogP contribution in [0.5, 0.6) is 5.75 Å². The monoisotopic (exact) mass is 270 g/mol. The summed E-state index contributed by atoms with van der Waals surface area (Å²) in [5.41, 5.74) is 8.72. The number of ether oxygens (including phenoxy) is 1. The number of rotatable bonds is 2. The number of imidazole rings is 1. The first-order valence-electron chi connectivity index (χ1n) is 6.61. The molecule has 3 rings (SSSR count). The number of fused-ring (bicyclic) bond motifs is 1. The first-order chi connectivity index (χ1) is 9.43. The van der Waals surface area contributed by atoms with E-state index in [1.807, 2.05) is 19.1 Å². The molecule has 20 heavy (non-hydrogen) atoms.